The Bertz CT molecular complexity index is 1430. The highest BCUT2D eigenvalue weighted by atomic mass is 19.4. The van der Waals surface area contributed by atoms with Gasteiger partial charge in [0.1, 0.15) is 23.4 Å². The van der Waals surface area contributed by atoms with E-state index in [1.165, 1.54) is 32.4 Å². The number of hydrogen-bond donors (Lipinski definition) is 3. The van der Waals surface area contributed by atoms with Crippen LogP contribution >= 0.6 is 0 Å². The van der Waals surface area contributed by atoms with Gasteiger partial charge in [-0.05, 0) is 42.4 Å². The molecule has 0 radical (unpaired) electrons. The van der Waals surface area contributed by atoms with Crippen LogP contribution in [0.15, 0.2) is 48.5 Å². The summed E-state index contributed by atoms with van der Waals surface area (Å²) in [4.78, 5) is 21.4. The Morgan fingerprint density at radius 1 is 1.10 bits per heavy atom. The van der Waals surface area contributed by atoms with E-state index in [0.29, 0.717) is 67.3 Å². The minimum absolute atomic E-state index is 0.112. The molecule has 2 aliphatic heterocycles. The number of aliphatic carboxylic acids is 1. The van der Waals surface area contributed by atoms with Crippen molar-refractivity contribution in [3.8, 4) is 28.5 Å². The van der Waals surface area contributed by atoms with Crippen LogP contribution in [0.3, 0.4) is 0 Å². The van der Waals surface area contributed by atoms with Gasteiger partial charge in [0.2, 0.25) is 17.9 Å². The van der Waals surface area contributed by atoms with Crippen molar-refractivity contribution in [2.75, 3.05) is 44.5 Å². The average molecular weight is 588 g/mol. The van der Waals surface area contributed by atoms with Gasteiger partial charge in [-0.2, -0.15) is 23.1 Å². The number of halogens is 3. The van der Waals surface area contributed by atoms with Crippen molar-refractivity contribution in [1.29, 1.82) is 0 Å². The van der Waals surface area contributed by atoms with Gasteiger partial charge in [0.05, 0.1) is 14.2 Å². The molecule has 5 rings (SSSR count). The fraction of sp³-hybridized carbons (Fsp3) is 0.414. The minimum Gasteiger partial charge on any atom is -0.497 e. The van der Waals surface area contributed by atoms with E-state index in [1.54, 1.807) is 30.3 Å². The number of ether oxygens (including phenoxy) is 3. The fourth-order valence-electron chi connectivity index (χ4n) is 5.65. The molecule has 2 atom stereocenters. The van der Waals surface area contributed by atoms with E-state index in [4.69, 9.17) is 19.9 Å². The maximum Gasteiger partial charge on any atom is 0.429 e. The summed E-state index contributed by atoms with van der Waals surface area (Å²) in [5.41, 5.74) is 6.98. The van der Waals surface area contributed by atoms with Gasteiger partial charge in [0.15, 0.2) is 0 Å². The highest BCUT2D eigenvalue weighted by molar-refractivity contribution is 5.74. The summed E-state index contributed by atoms with van der Waals surface area (Å²) in [6.45, 7) is 1.70. The average Bonchev–Trinajstić information content (AvgIpc) is 3.39. The van der Waals surface area contributed by atoms with E-state index in [-0.39, 0.29) is 22.8 Å². The van der Waals surface area contributed by atoms with Gasteiger partial charge in [-0.3, -0.25) is 4.79 Å². The zero-order valence-corrected chi connectivity index (χ0v) is 23.1. The number of carboxylic acid groups (broad SMARTS) is 1. The number of nitrogen functional groups attached to an aromatic ring is 1. The first-order valence-corrected chi connectivity index (χ1v) is 13.4. The molecule has 224 valence electrons. The lowest BCUT2D eigenvalue weighted by Crippen LogP contribution is -2.41. The van der Waals surface area contributed by atoms with Crippen molar-refractivity contribution in [3.05, 3.63) is 54.1 Å². The highest BCUT2D eigenvalue weighted by Crippen LogP contribution is 2.42. The number of aromatic nitrogens is 2. The molecule has 3 heterocycles. The molecule has 0 amide bonds. The lowest BCUT2D eigenvalue weighted by Gasteiger charge is -2.39. The monoisotopic (exact) mass is 587 g/mol. The van der Waals surface area contributed by atoms with Crippen LogP contribution in [0.2, 0.25) is 0 Å². The molecule has 10 nitrogen and oxygen atoms in total. The molecule has 0 aliphatic carbocycles. The Kier molecular flexibility index (Phi) is 8.04. The number of anilines is 2. The number of piperidine rings is 1. The number of alkyl halides is 3. The number of nitrogens with one attached hydrogen (secondary N) is 1. The molecule has 4 N–H and O–H groups in total. The van der Waals surface area contributed by atoms with Crippen LogP contribution in [0.5, 0.6) is 17.4 Å². The molecular weight excluding hydrogens is 555 g/mol. The Labute approximate surface area is 240 Å². The van der Waals surface area contributed by atoms with Crippen LogP contribution in [0.1, 0.15) is 30.9 Å². The van der Waals surface area contributed by atoms with Crippen LogP contribution in [0.4, 0.5) is 24.9 Å². The number of rotatable bonds is 8. The van der Waals surface area contributed by atoms with Crippen LogP contribution in [-0.2, 0) is 4.79 Å². The largest absolute Gasteiger partial charge is 0.497 e. The van der Waals surface area contributed by atoms with Gasteiger partial charge < -0.3 is 35.3 Å². The molecular formula is C29H32F3N5O5. The number of carbonyl (C=O) groups is 1. The number of nitrogens with zero attached hydrogens (tertiary/aromatic N) is 3. The van der Waals surface area contributed by atoms with Gasteiger partial charge in [-0.25, -0.2) is 0 Å². The lowest BCUT2D eigenvalue weighted by atomic mass is 9.76. The Morgan fingerprint density at radius 2 is 1.81 bits per heavy atom. The maximum absolute atomic E-state index is 14.2. The third-order valence-corrected chi connectivity index (χ3v) is 7.98. The zero-order valence-electron chi connectivity index (χ0n) is 23.1. The summed E-state index contributed by atoms with van der Waals surface area (Å²) in [5.74, 6) is 0.0930. The van der Waals surface area contributed by atoms with Crippen molar-refractivity contribution < 1.29 is 37.3 Å². The molecule has 1 spiro atoms. The van der Waals surface area contributed by atoms with Crippen molar-refractivity contribution in [1.82, 2.24) is 15.3 Å². The summed E-state index contributed by atoms with van der Waals surface area (Å²) < 4.78 is 58.8. The standard InChI is InChI=1S/C29H32F3N5O5/c1-40-19-7-8-20(22(13-19)41-2)17-3-5-18(6-4-17)25(29(30,31)32)42-24-14-23(35-27(33)36-24)37-11-9-28(10-12-37)15-21(26(38)39)34-16-28/h3-8,13-14,21,25,34H,9-12,15-16H2,1-2H3,(H,38,39)(H2,33,35,36)/t21-,25+/m0/s1. The van der Waals surface area contributed by atoms with Gasteiger partial charge in [-0.15, -0.1) is 0 Å². The van der Waals surface area contributed by atoms with Crippen LogP contribution < -0.4 is 30.2 Å². The van der Waals surface area contributed by atoms with Crippen LogP contribution in [0.25, 0.3) is 11.1 Å². The van der Waals surface area contributed by atoms with E-state index < -0.39 is 24.3 Å². The van der Waals surface area contributed by atoms with E-state index in [2.05, 4.69) is 15.3 Å². The third kappa shape index (κ3) is 6.15. The first-order valence-electron chi connectivity index (χ1n) is 13.4. The van der Waals surface area contributed by atoms with Gasteiger partial charge in [0, 0.05) is 42.9 Å². The maximum atomic E-state index is 14.2. The summed E-state index contributed by atoms with van der Waals surface area (Å²) in [6.07, 6.45) is -5.09. The quantitative estimate of drug-likeness (QED) is 0.347. The Balaban J connectivity index is 1.33. The first kappa shape index (κ1) is 29.2. The number of nitrogens with two attached hydrogens (primary N) is 1. The summed E-state index contributed by atoms with van der Waals surface area (Å²) in [5, 5.41) is 12.4. The topological polar surface area (TPSA) is 132 Å². The predicted molar refractivity (Wildman–Crippen MR) is 149 cm³/mol. The molecule has 3 aromatic rings. The molecule has 0 unspecified atom stereocenters. The number of methoxy groups -OCH3 is 2. The molecule has 2 aromatic carbocycles. The predicted octanol–water partition coefficient (Wildman–Crippen LogP) is 4.46. The lowest BCUT2D eigenvalue weighted by molar-refractivity contribution is -0.198. The molecule has 13 heteroatoms. The molecule has 2 fully saturated rings. The van der Waals surface area contributed by atoms with Crippen LogP contribution in [0, 0.1) is 5.41 Å². The van der Waals surface area contributed by atoms with Crippen molar-refractivity contribution in [2.24, 2.45) is 5.41 Å². The first-order chi connectivity index (χ1) is 20.0. The molecule has 2 saturated heterocycles. The van der Waals surface area contributed by atoms with Gasteiger partial charge >= 0.3 is 12.1 Å². The summed E-state index contributed by atoms with van der Waals surface area (Å²) in [7, 11) is 3.03. The number of carboxylic acids is 1. The molecule has 42 heavy (non-hydrogen) atoms. The van der Waals surface area contributed by atoms with Gasteiger partial charge in [0.25, 0.3) is 0 Å². The molecule has 0 bridgehead atoms. The normalized spacial score (nSPS) is 19.0. The van der Waals surface area contributed by atoms with E-state index in [9.17, 15) is 23.1 Å². The summed E-state index contributed by atoms with van der Waals surface area (Å²) >= 11 is 0. The molecule has 2 aliphatic rings. The zero-order chi connectivity index (χ0) is 30.1. The van der Waals surface area contributed by atoms with Gasteiger partial charge in [-0.1, -0.05) is 24.3 Å². The number of benzene rings is 2. The number of hydrogen-bond acceptors (Lipinski definition) is 9. The fourth-order valence-corrected chi connectivity index (χ4v) is 5.65. The van der Waals surface area contributed by atoms with Crippen molar-refractivity contribution in [2.45, 2.75) is 37.6 Å². The second-order valence-electron chi connectivity index (χ2n) is 10.6. The van der Waals surface area contributed by atoms with Crippen molar-refractivity contribution >= 4 is 17.7 Å². The van der Waals surface area contributed by atoms with E-state index >= 15 is 0 Å². The minimum atomic E-state index is -4.74. The second-order valence-corrected chi connectivity index (χ2v) is 10.6. The van der Waals surface area contributed by atoms with Crippen molar-refractivity contribution in [3.63, 3.8) is 0 Å². The van der Waals surface area contributed by atoms with Crippen LogP contribution in [-0.4, -0.2) is 67.1 Å². The molecule has 1 aromatic heterocycles. The SMILES string of the molecule is COc1ccc(-c2ccc([C@@H](Oc3cc(N4CCC5(CC4)CN[C@H](C(=O)O)C5)nc(N)n3)C(F)(F)F)cc2)c(OC)c1. The van der Waals surface area contributed by atoms with E-state index in [1.807, 2.05) is 4.90 Å². The Morgan fingerprint density at radius 3 is 2.40 bits per heavy atom. The smallest absolute Gasteiger partial charge is 0.429 e. The van der Waals surface area contributed by atoms with E-state index in [0.717, 1.165) is 0 Å². The Hall–Kier alpha value is -4.26. The highest BCUT2D eigenvalue weighted by Gasteiger charge is 2.45. The third-order valence-electron chi connectivity index (χ3n) is 7.98. The molecule has 0 saturated carbocycles. The summed E-state index contributed by atoms with van der Waals surface area (Å²) in [6, 6.07) is 11.8. The second kappa shape index (κ2) is 11.6.